The van der Waals surface area contributed by atoms with Gasteiger partial charge in [-0.25, -0.2) is 0 Å². The van der Waals surface area contributed by atoms with Crippen LogP contribution in [0.3, 0.4) is 0 Å². The van der Waals surface area contributed by atoms with Crippen LogP contribution >= 0.6 is 27.5 Å². The number of nitrogens with one attached hydrogen (secondary N) is 1. The third-order valence-electron chi connectivity index (χ3n) is 2.60. The molecule has 20 heavy (non-hydrogen) atoms. The number of nitro groups is 1. The third-order valence-corrected chi connectivity index (χ3v) is 3.42. The molecule has 5 nitrogen and oxygen atoms in total. The van der Waals surface area contributed by atoms with E-state index in [1.54, 1.807) is 30.3 Å². The summed E-state index contributed by atoms with van der Waals surface area (Å²) in [5.41, 5.74) is 0.850. The highest BCUT2D eigenvalue weighted by Crippen LogP contribution is 2.34. The summed E-state index contributed by atoms with van der Waals surface area (Å²) in [4.78, 5) is 10.6. The zero-order valence-electron chi connectivity index (χ0n) is 10.4. The molecule has 0 aliphatic rings. The van der Waals surface area contributed by atoms with E-state index in [9.17, 15) is 10.1 Å². The summed E-state index contributed by atoms with van der Waals surface area (Å²) in [6.45, 7) is 0. The van der Waals surface area contributed by atoms with Gasteiger partial charge in [-0.3, -0.25) is 10.1 Å². The Hall–Kier alpha value is -1.79. The van der Waals surface area contributed by atoms with E-state index in [1.807, 2.05) is 0 Å². The molecule has 7 heteroatoms. The molecule has 0 unspecified atom stereocenters. The van der Waals surface area contributed by atoms with Crippen molar-refractivity contribution in [1.29, 1.82) is 0 Å². The van der Waals surface area contributed by atoms with Gasteiger partial charge in [0.25, 0.3) is 5.69 Å². The zero-order valence-corrected chi connectivity index (χ0v) is 12.7. The average Bonchev–Trinajstić information content (AvgIpc) is 2.42. The first-order valence-corrected chi connectivity index (χ1v) is 6.73. The van der Waals surface area contributed by atoms with Gasteiger partial charge in [0.05, 0.1) is 22.7 Å². The van der Waals surface area contributed by atoms with Crippen LogP contribution in [0.4, 0.5) is 17.1 Å². The summed E-state index contributed by atoms with van der Waals surface area (Å²) >= 11 is 9.28. The number of ether oxygens (including phenoxy) is 1. The molecule has 0 heterocycles. The Morgan fingerprint density at radius 2 is 2.00 bits per heavy atom. The van der Waals surface area contributed by atoms with Crippen LogP contribution in [0.5, 0.6) is 5.75 Å². The fourth-order valence-electron chi connectivity index (χ4n) is 1.63. The van der Waals surface area contributed by atoms with Crippen molar-refractivity contribution >= 4 is 44.6 Å². The highest BCUT2D eigenvalue weighted by atomic mass is 79.9. The molecule has 2 aromatic carbocycles. The predicted molar refractivity (Wildman–Crippen MR) is 82.1 cm³/mol. The van der Waals surface area contributed by atoms with Crippen LogP contribution in [0, 0.1) is 10.1 Å². The SMILES string of the molecule is COc1ccc(Cl)c(Nc2ccc(Br)cc2[N+](=O)[O-])c1. The number of hydrogen-bond donors (Lipinski definition) is 1. The largest absolute Gasteiger partial charge is 0.497 e. The van der Waals surface area contributed by atoms with E-state index in [0.717, 1.165) is 0 Å². The first-order chi connectivity index (χ1) is 9.51. The fraction of sp³-hybridized carbons (Fsp3) is 0.0769. The lowest BCUT2D eigenvalue weighted by Crippen LogP contribution is -1.98. The number of nitro benzene ring substituents is 1. The lowest BCUT2D eigenvalue weighted by atomic mass is 10.2. The number of rotatable bonds is 4. The number of methoxy groups -OCH3 is 1. The zero-order chi connectivity index (χ0) is 14.7. The van der Waals surface area contributed by atoms with Gasteiger partial charge >= 0.3 is 0 Å². The van der Waals surface area contributed by atoms with Gasteiger partial charge in [-0.05, 0) is 24.3 Å². The average molecular weight is 358 g/mol. The minimum atomic E-state index is -0.457. The van der Waals surface area contributed by atoms with Crippen molar-refractivity contribution in [3.05, 3.63) is 56.0 Å². The van der Waals surface area contributed by atoms with Crippen LogP contribution in [0.25, 0.3) is 0 Å². The Morgan fingerprint density at radius 1 is 1.25 bits per heavy atom. The molecule has 0 saturated carbocycles. The number of benzene rings is 2. The summed E-state index contributed by atoms with van der Waals surface area (Å²) in [5.74, 6) is 0.608. The molecule has 2 rings (SSSR count). The summed E-state index contributed by atoms with van der Waals surface area (Å²) < 4.78 is 5.74. The molecule has 0 fully saturated rings. The van der Waals surface area contributed by atoms with E-state index in [-0.39, 0.29) is 5.69 Å². The van der Waals surface area contributed by atoms with E-state index in [2.05, 4.69) is 21.2 Å². The van der Waals surface area contributed by atoms with Gasteiger partial charge in [0.15, 0.2) is 0 Å². The van der Waals surface area contributed by atoms with E-state index in [1.165, 1.54) is 13.2 Å². The fourth-order valence-corrected chi connectivity index (χ4v) is 2.15. The normalized spacial score (nSPS) is 10.2. The van der Waals surface area contributed by atoms with Gasteiger partial charge in [-0.1, -0.05) is 27.5 Å². The highest BCUT2D eigenvalue weighted by Gasteiger charge is 2.15. The number of anilines is 2. The first kappa shape index (κ1) is 14.6. The highest BCUT2D eigenvalue weighted by molar-refractivity contribution is 9.10. The molecule has 0 aromatic heterocycles. The van der Waals surface area contributed by atoms with Crippen LogP contribution in [0.15, 0.2) is 40.9 Å². The predicted octanol–water partition coefficient (Wildman–Crippen LogP) is 4.76. The van der Waals surface area contributed by atoms with Crippen molar-refractivity contribution in [2.45, 2.75) is 0 Å². The van der Waals surface area contributed by atoms with Crippen molar-refractivity contribution < 1.29 is 9.66 Å². The van der Waals surface area contributed by atoms with E-state index in [0.29, 0.717) is 26.6 Å². The van der Waals surface area contributed by atoms with E-state index in [4.69, 9.17) is 16.3 Å². The Bertz CT molecular complexity index is 664. The van der Waals surface area contributed by atoms with E-state index < -0.39 is 4.92 Å². The van der Waals surface area contributed by atoms with Crippen molar-refractivity contribution in [3.8, 4) is 5.75 Å². The number of nitrogens with zero attached hydrogens (tertiary/aromatic N) is 1. The molecule has 0 atom stereocenters. The van der Waals surface area contributed by atoms with Crippen LogP contribution in [-0.2, 0) is 0 Å². The van der Waals surface area contributed by atoms with Gasteiger partial charge in [0, 0.05) is 16.6 Å². The van der Waals surface area contributed by atoms with Crippen LogP contribution in [-0.4, -0.2) is 12.0 Å². The second-order valence-electron chi connectivity index (χ2n) is 3.89. The number of hydrogen-bond acceptors (Lipinski definition) is 4. The Morgan fingerprint density at radius 3 is 2.65 bits per heavy atom. The topological polar surface area (TPSA) is 64.4 Å². The molecule has 0 bridgehead atoms. The van der Waals surface area contributed by atoms with Crippen molar-refractivity contribution in [3.63, 3.8) is 0 Å². The molecule has 0 aliphatic heterocycles. The maximum absolute atomic E-state index is 11.1. The quantitative estimate of drug-likeness (QED) is 0.633. The van der Waals surface area contributed by atoms with Gasteiger partial charge in [0.1, 0.15) is 11.4 Å². The Balaban J connectivity index is 2.42. The van der Waals surface area contributed by atoms with Gasteiger partial charge in [-0.2, -0.15) is 0 Å². The molecular weight excluding hydrogens is 348 g/mol. The van der Waals surface area contributed by atoms with Crippen LogP contribution in [0.2, 0.25) is 5.02 Å². The summed E-state index contributed by atoms with van der Waals surface area (Å²) in [7, 11) is 1.54. The lowest BCUT2D eigenvalue weighted by Gasteiger charge is -2.10. The van der Waals surface area contributed by atoms with Crippen molar-refractivity contribution in [2.24, 2.45) is 0 Å². The standard InChI is InChI=1S/C13H10BrClN2O3/c1-20-9-3-4-10(15)12(7-9)16-11-5-2-8(14)6-13(11)17(18)19/h2-7,16H,1H3. The molecule has 0 spiro atoms. The van der Waals surface area contributed by atoms with Gasteiger partial charge < -0.3 is 10.1 Å². The minimum Gasteiger partial charge on any atom is -0.497 e. The molecule has 0 aliphatic carbocycles. The Labute approximate surface area is 128 Å². The maximum Gasteiger partial charge on any atom is 0.293 e. The molecule has 2 aromatic rings. The van der Waals surface area contributed by atoms with Gasteiger partial charge in [0.2, 0.25) is 0 Å². The Kier molecular flexibility index (Phi) is 4.46. The van der Waals surface area contributed by atoms with Crippen LogP contribution in [0.1, 0.15) is 0 Å². The van der Waals surface area contributed by atoms with Crippen molar-refractivity contribution in [1.82, 2.24) is 0 Å². The van der Waals surface area contributed by atoms with Crippen molar-refractivity contribution in [2.75, 3.05) is 12.4 Å². The second kappa shape index (κ2) is 6.11. The molecule has 0 saturated heterocycles. The van der Waals surface area contributed by atoms with Gasteiger partial charge in [-0.15, -0.1) is 0 Å². The molecule has 104 valence electrons. The smallest absolute Gasteiger partial charge is 0.293 e. The first-order valence-electron chi connectivity index (χ1n) is 5.56. The lowest BCUT2D eigenvalue weighted by molar-refractivity contribution is -0.384. The number of halogens is 2. The summed E-state index contributed by atoms with van der Waals surface area (Å²) in [6, 6.07) is 9.79. The molecular formula is C13H10BrClN2O3. The van der Waals surface area contributed by atoms with Crippen LogP contribution < -0.4 is 10.1 Å². The monoisotopic (exact) mass is 356 g/mol. The molecule has 0 amide bonds. The molecule has 0 radical (unpaired) electrons. The minimum absolute atomic E-state index is 0.0433. The van der Waals surface area contributed by atoms with E-state index >= 15 is 0 Å². The molecule has 1 N–H and O–H groups in total. The summed E-state index contributed by atoms with van der Waals surface area (Å²) in [6.07, 6.45) is 0. The third kappa shape index (κ3) is 3.20. The maximum atomic E-state index is 11.1. The summed E-state index contributed by atoms with van der Waals surface area (Å²) in [5, 5.41) is 14.5. The second-order valence-corrected chi connectivity index (χ2v) is 5.21.